The van der Waals surface area contributed by atoms with Gasteiger partial charge in [0.05, 0.1) is 5.25 Å². The average Bonchev–Trinajstić information content (AvgIpc) is 2.53. The molecule has 0 bridgehead atoms. The molecule has 0 aliphatic carbocycles. The van der Waals surface area contributed by atoms with E-state index in [1.54, 1.807) is 0 Å². The Morgan fingerprint density at radius 1 is 0.714 bits per heavy atom. The molecule has 1 unspecified atom stereocenters. The summed E-state index contributed by atoms with van der Waals surface area (Å²) in [5.41, 5.74) is 2.80. The van der Waals surface area contributed by atoms with Gasteiger partial charge in [-0.05, 0) is 27.1 Å². The van der Waals surface area contributed by atoms with Crippen molar-refractivity contribution >= 4 is 22.5 Å². The topological polar surface area (TPSA) is 0 Å². The monoisotopic (exact) mass is 292 g/mol. The highest BCUT2D eigenvalue weighted by molar-refractivity contribution is 8.00. The van der Waals surface area contributed by atoms with Crippen molar-refractivity contribution < 1.29 is 0 Å². The van der Waals surface area contributed by atoms with E-state index in [-0.39, 0.29) is 0 Å². The molecular formula is C20H20S. The molecule has 0 spiro atoms. The van der Waals surface area contributed by atoms with Crippen molar-refractivity contribution in [3.05, 3.63) is 83.9 Å². The summed E-state index contributed by atoms with van der Waals surface area (Å²) in [6.07, 6.45) is 0. The predicted molar refractivity (Wildman–Crippen MR) is 95.0 cm³/mol. The van der Waals surface area contributed by atoms with Gasteiger partial charge < -0.3 is 0 Å². The first-order valence-corrected chi connectivity index (χ1v) is 8.38. The Hall–Kier alpha value is -1.73. The second-order valence-electron chi connectivity index (χ2n) is 5.54. The summed E-state index contributed by atoms with van der Waals surface area (Å²) in [6.45, 7) is 4.54. The fraction of sp³-hybridized carbons (Fsp3) is 0.200. The number of benzene rings is 3. The van der Waals surface area contributed by atoms with Crippen LogP contribution in [0.1, 0.15) is 30.2 Å². The lowest BCUT2D eigenvalue weighted by molar-refractivity contribution is 1.08. The lowest BCUT2D eigenvalue weighted by Crippen LogP contribution is -2.02. The molecule has 0 aliphatic heterocycles. The van der Waals surface area contributed by atoms with Crippen LogP contribution >= 0.6 is 11.8 Å². The average molecular weight is 292 g/mol. The molecule has 0 aromatic heterocycles. The molecular weight excluding hydrogens is 272 g/mol. The molecule has 0 saturated heterocycles. The van der Waals surface area contributed by atoms with E-state index < -0.39 is 0 Å². The van der Waals surface area contributed by atoms with E-state index in [9.17, 15) is 0 Å². The van der Waals surface area contributed by atoms with Gasteiger partial charge in [0, 0.05) is 0 Å². The van der Waals surface area contributed by atoms with E-state index in [1.807, 2.05) is 11.8 Å². The molecule has 0 amide bonds. The maximum absolute atomic E-state index is 2.27. The van der Waals surface area contributed by atoms with Crippen molar-refractivity contribution in [1.29, 1.82) is 0 Å². The van der Waals surface area contributed by atoms with Crippen molar-refractivity contribution in [2.45, 2.75) is 24.3 Å². The molecule has 21 heavy (non-hydrogen) atoms. The Kier molecular flexibility index (Phi) is 4.31. The zero-order valence-electron chi connectivity index (χ0n) is 12.5. The van der Waals surface area contributed by atoms with Crippen LogP contribution in [0.3, 0.4) is 0 Å². The molecule has 3 rings (SSSR count). The predicted octanol–water partition coefficient (Wildman–Crippen LogP) is 6.07. The molecule has 3 aromatic rings. The Morgan fingerprint density at radius 2 is 1.38 bits per heavy atom. The van der Waals surface area contributed by atoms with Crippen LogP contribution in [0.5, 0.6) is 0 Å². The van der Waals surface area contributed by atoms with Gasteiger partial charge in [-0.2, -0.15) is 0 Å². The molecule has 1 atom stereocenters. The summed E-state index contributed by atoms with van der Waals surface area (Å²) in [7, 11) is 0. The lowest BCUT2D eigenvalue weighted by atomic mass is 9.98. The van der Waals surface area contributed by atoms with E-state index in [1.165, 1.54) is 21.9 Å². The van der Waals surface area contributed by atoms with Crippen molar-refractivity contribution in [2.75, 3.05) is 0 Å². The second-order valence-corrected chi connectivity index (χ2v) is 7.23. The molecule has 3 aromatic carbocycles. The quantitative estimate of drug-likeness (QED) is 0.562. The molecule has 0 heterocycles. The van der Waals surface area contributed by atoms with Crippen LogP contribution in [-0.4, -0.2) is 5.25 Å². The number of fused-ring (bicyclic) bond motifs is 1. The standard InChI is InChI=1S/C20H20S/c1-15(2)21-20(17-10-4-3-5-11-17)19-14-8-12-16-9-6-7-13-18(16)19/h3-15,20H,1-2H3. The minimum Gasteiger partial charge on any atom is -0.146 e. The number of thioether (sulfide) groups is 1. The molecule has 0 fully saturated rings. The summed E-state index contributed by atoms with van der Waals surface area (Å²) in [4.78, 5) is 0. The molecule has 0 N–H and O–H groups in total. The summed E-state index contributed by atoms with van der Waals surface area (Å²) in [5.74, 6) is 0. The van der Waals surface area contributed by atoms with Crippen LogP contribution in [0.2, 0.25) is 0 Å². The Morgan fingerprint density at radius 3 is 2.14 bits per heavy atom. The van der Waals surface area contributed by atoms with Gasteiger partial charge >= 0.3 is 0 Å². The highest BCUT2D eigenvalue weighted by atomic mass is 32.2. The highest BCUT2D eigenvalue weighted by Crippen LogP contribution is 2.40. The van der Waals surface area contributed by atoms with Gasteiger partial charge in [0.1, 0.15) is 0 Å². The Balaban J connectivity index is 2.15. The summed E-state index contributed by atoms with van der Waals surface area (Å²) < 4.78 is 0. The van der Waals surface area contributed by atoms with Gasteiger partial charge in [-0.15, -0.1) is 11.8 Å². The number of rotatable bonds is 4. The SMILES string of the molecule is CC(C)SC(c1ccccc1)c1cccc2ccccc12. The molecule has 0 radical (unpaired) electrons. The van der Waals surface area contributed by atoms with E-state index in [4.69, 9.17) is 0 Å². The van der Waals surface area contributed by atoms with Gasteiger partial charge in [0.2, 0.25) is 0 Å². The van der Waals surface area contributed by atoms with Gasteiger partial charge in [-0.3, -0.25) is 0 Å². The summed E-state index contributed by atoms with van der Waals surface area (Å²) in [5, 5.41) is 3.66. The normalized spacial score (nSPS) is 12.7. The number of hydrogen-bond acceptors (Lipinski definition) is 1. The smallest absolute Gasteiger partial charge is 0.0555 e. The minimum absolute atomic E-state index is 0.386. The van der Waals surface area contributed by atoms with Gasteiger partial charge in [0.25, 0.3) is 0 Å². The number of hydrogen-bond donors (Lipinski definition) is 0. The van der Waals surface area contributed by atoms with Gasteiger partial charge in [-0.1, -0.05) is 86.6 Å². The molecule has 1 heteroatoms. The van der Waals surface area contributed by atoms with Crippen molar-refractivity contribution in [3.8, 4) is 0 Å². The minimum atomic E-state index is 0.386. The third kappa shape index (κ3) is 3.14. The first-order valence-electron chi connectivity index (χ1n) is 7.44. The third-order valence-electron chi connectivity index (χ3n) is 3.62. The third-order valence-corrected chi connectivity index (χ3v) is 4.96. The van der Waals surface area contributed by atoms with E-state index in [0.717, 1.165) is 0 Å². The largest absolute Gasteiger partial charge is 0.146 e. The summed E-state index contributed by atoms with van der Waals surface area (Å²) >= 11 is 2.02. The maximum atomic E-state index is 2.27. The molecule has 0 aliphatic rings. The van der Waals surface area contributed by atoms with E-state index >= 15 is 0 Å². The molecule has 0 nitrogen and oxygen atoms in total. The fourth-order valence-corrected chi connectivity index (χ4v) is 3.92. The zero-order valence-corrected chi connectivity index (χ0v) is 13.3. The zero-order chi connectivity index (χ0) is 14.7. The van der Waals surface area contributed by atoms with Crippen LogP contribution < -0.4 is 0 Å². The van der Waals surface area contributed by atoms with Gasteiger partial charge in [0.15, 0.2) is 0 Å². The van der Waals surface area contributed by atoms with Crippen LogP contribution in [0, 0.1) is 0 Å². The van der Waals surface area contributed by atoms with E-state index in [2.05, 4.69) is 86.6 Å². The van der Waals surface area contributed by atoms with Crippen LogP contribution in [0.25, 0.3) is 10.8 Å². The second kappa shape index (κ2) is 6.36. The lowest BCUT2D eigenvalue weighted by Gasteiger charge is -2.21. The van der Waals surface area contributed by atoms with Crippen LogP contribution in [0.15, 0.2) is 72.8 Å². The van der Waals surface area contributed by atoms with Gasteiger partial charge in [-0.25, -0.2) is 0 Å². The highest BCUT2D eigenvalue weighted by Gasteiger charge is 2.18. The van der Waals surface area contributed by atoms with Crippen LogP contribution in [-0.2, 0) is 0 Å². The summed E-state index contributed by atoms with van der Waals surface area (Å²) in [6, 6.07) is 26.1. The first-order chi connectivity index (χ1) is 10.3. The van der Waals surface area contributed by atoms with Crippen molar-refractivity contribution in [1.82, 2.24) is 0 Å². The Bertz CT molecular complexity index is 711. The first kappa shape index (κ1) is 14.2. The fourth-order valence-electron chi connectivity index (χ4n) is 2.71. The van der Waals surface area contributed by atoms with Crippen molar-refractivity contribution in [2.24, 2.45) is 0 Å². The van der Waals surface area contributed by atoms with Crippen molar-refractivity contribution in [3.63, 3.8) is 0 Å². The Labute approximate surface area is 131 Å². The maximum Gasteiger partial charge on any atom is 0.0555 e. The van der Waals surface area contributed by atoms with Crippen LogP contribution in [0.4, 0.5) is 0 Å². The molecule has 0 saturated carbocycles. The van der Waals surface area contributed by atoms with E-state index in [0.29, 0.717) is 10.5 Å². The molecule has 106 valence electrons.